The first-order chi connectivity index (χ1) is 18.0. The number of alkyl halides is 2. The van der Waals surface area contributed by atoms with Gasteiger partial charge in [0.15, 0.2) is 0 Å². The van der Waals surface area contributed by atoms with Crippen LogP contribution in [0.15, 0.2) is 47.4 Å². The fourth-order valence-electron chi connectivity index (χ4n) is 5.80. The first kappa shape index (κ1) is 27.3. The predicted molar refractivity (Wildman–Crippen MR) is 142 cm³/mol. The minimum Gasteiger partial charge on any atom is -0.373 e. The number of anilines is 2. The molecule has 0 aromatic heterocycles. The maximum atomic E-state index is 15.1. The van der Waals surface area contributed by atoms with Crippen LogP contribution in [0.2, 0.25) is 0 Å². The molecule has 3 aliphatic rings. The summed E-state index contributed by atoms with van der Waals surface area (Å²) in [5, 5.41) is 0. The fourth-order valence-corrected chi connectivity index (χ4v) is 6.86. The Kier molecular flexibility index (Phi) is 7.68. The van der Waals surface area contributed by atoms with Crippen molar-refractivity contribution < 1.29 is 26.3 Å². The largest absolute Gasteiger partial charge is 0.373 e. The molecule has 2 aromatic rings. The van der Waals surface area contributed by atoms with Crippen molar-refractivity contribution in [1.29, 1.82) is 0 Å². The van der Waals surface area contributed by atoms with E-state index < -0.39 is 27.7 Å². The molecule has 6 nitrogen and oxygen atoms in total. The normalized spacial score (nSPS) is 24.0. The number of halogens is 3. The molecule has 2 saturated heterocycles. The fraction of sp³-hybridized carbons (Fsp3) is 0.571. The van der Waals surface area contributed by atoms with Gasteiger partial charge in [-0.25, -0.2) is 21.6 Å². The van der Waals surface area contributed by atoms with E-state index >= 15 is 4.39 Å². The van der Waals surface area contributed by atoms with E-state index in [0.29, 0.717) is 31.8 Å². The van der Waals surface area contributed by atoms with Crippen LogP contribution in [0, 0.1) is 17.7 Å². The van der Waals surface area contributed by atoms with E-state index in [4.69, 9.17) is 4.74 Å². The monoisotopic (exact) mass is 551 g/mol. The number of ether oxygens (including phenoxy) is 1. The van der Waals surface area contributed by atoms with E-state index in [-0.39, 0.29) is 34.0 Å². The summed E-state index contributed by atoms with van der Waals surface area (Å²) in [5.74, 6) is -3.67. The first-order valence-electron chi connectivity index (χ1n) is 13.5. The molecule has 1 aliphatic carbocycles. The average molecular weight is 552 g/mol. The van der Waals surface area contributed by atoms with Gasteiger partial charge in [-0.05, 0) is 69.7 Å². The molecule has 208 valence electrons. The van der Waals surface area contributed by atoms with Gasteiger partial charge in [-0.15, -0.1) is 0 Å². The van der Waals surface area contributed by atoms with Gasteiger partial charge < -0.3 is 9.64 Å². The molecule has 10 heteroatoms. The molecule has 3 fully saturated rings. The topological polar surface area (TPSA) is 61.9 Å². The van der Waals surface area contributed by atoms with Gasteiger partial charge >= 0.3 is 0 Å². The molecule has 2 atom stereocenters. The summed E-state index contributed by atoms with van der Waals surface area (Å²) >= 11 is 0. The summed E-state index contributed by atoms with van der Waals surface area (Å²) in [5.41, 5.74) is 0.181. The average Bonchev–Trinajstić information content (AvgIpc) is 3.71. The van der Waals surface area contributed by atoms with Crippen molar-refractivity contribution in [2.45, 2.75) is 62.6 Å². The lowest BCUT2D eigenvalue weighted by atomic mass is 9.95. The van der Waals surface area contributed by atoms with Crippen molar-refractivity contribution in [1.82, 2.24) is 4.90 Å². The number of sulfonamides is 1. The highest BCUT2D eigenvalue weighted by atomic mass is 32.2. The SMILES string of the molecule is C[C@@H]1CN(CC2CCN(c3c(F)cccc3NS(=O)(=O)c3ccc(C(F)(F)C4CC4)cc3)CC2)C[C@H](C)O1. The Balaban J connectivity index is 1.26. The summed E-state index contributed by atoms with van der Waals surface area (Å²) in [6.07, 6.45) is 3.10. The molecule has 5 rings (SSSR count). The van der Waals surface area contributed by atoms with Gasteiger partial charge in [-0.1, -0.05) is 18.2 Å². The number of nitrogens with zero attached hydrogens (tertiary/aromatic N) is 2. The number of piperidine rings is 1. The van der Waals surface area contributed by atoms with E-state index in [9.17, 15) is 17.2 Å². The van der Waals surface area contributed by atoms with E-state index in [1.54, 1.807) is 0 Å². The van der Waals surface area contributed by atoms with Crippen LogP contribution in [-0.4, -0.2) is 58.2 Å². The second-order valence-electron chi connectivity index (χ2n) is 11.1. The third-order valence-electron chi connectivity index (χ3n) is 7.81. The number of nitrogens with one attached hydrogen (secondary N) is 1. The number of hydrogen-bond donors (Lipinski definition) is 1. The lowest BCUT2D eigenvalue weighted by Crippen LogP contribution is -2.48. The van der Waals surface area contributed by atoms with Crippen molar-refractivity contribution in [2.75, 3.05) is 42.3 Å². The minimum absolute atomic E-state index is 0.143. The van der Waals surface area contributed by atoms with Gasteiger partial charge in [-0.2, -0.15) is 0 Å². The zero-order valence-electron chi connectivity index (χ0n) is 21.9. The molecule has 0 spiro atoms. The van der Waals surface area contributed by atoms with Crippen LogP contribution in [0.3, 0.4) is 0 Å². The van der Waals surface area contributed by atoms with Crippen LogP contribution in [0.1, 0.15) is 45.1 Å². The van der Waals surface area contributed by atoms with E-state index in [1.807, 2.05) is 4.90 Å². The van der Waals surface area contributed by atoms with Gasteiger partial charge in [0.05, 0.1) is 28.5 Å². The molecule has 0 bridgehead atoms. The molecule has 2 heterocycles. The molecule has 1 saturated carbocycles. The van der Waals surface area contributed by atoms with Crippen LogP contribution >= 0.6 is 0 Å². The van der Waals surface area contributed by atoms with Gasteiger partial charge in [0, 0.05) is 44.2 Å². The molecule has 0 unspecified atom stereocenters. The number of para-hydroxylation sites is 1. The van der Waals surface area contributed by atoms with Crippen LogP contribution < -0.4 is 9.62 Å². The van der Waals surface area contributed by atoms with Crippen molar-refractivity contribution in [3.05, 3.63) is 53.8 Å². The Bertz CT molecular complexity index is 1220. The first-order valence-corrected chi connectivity index (χ1v) is 14.9. The highest BCUT2D eigenvalue weighted by Crippen LogP contribution is 2.49. The van der Waals surface area contributed by atoms with E-state index in [2.05, 4.69) is 23.5 Å². The number of hydrogen-bond acceptors (Lipinski definition) is 5. The highest BCUT2D eigenvalue weighted by molar-refractivity contribution is 7.92. The molecular formula is C28H36F3N3O3S. The smallest absolute Gasteiger partial charge is 0.276 e. The zero-order chi connectivity index (χ0) is 27.1. The van der Waals surface area contributed by atoms with E-state index in [0.717, 1.165) is 32.5 Å². The van der Waals surface area contributed by atoms with E-state index in [1.165, 1.54) is 42.5 Å². The Labute approximate surface area is 223 Å². The Hall–Kier alpha value is -2.30. The van der Waals surface area contributed by atoms with Gasteiger partial charge in [0.25, 0.3) is 15.9 Å². The minimum atomic E-state index is -4.11. The molecule has 2 aromatic carbocycles. The lowest BCUT2D eigenvalue weighted by Gasteiger charge is -2.40. The van der Waals surface area contributed by atoms with Gasteiger partial charge in [0.1, 0.15) is 5.82 Å². The summed E-state index contributed by atoms with van der Waals surface area (Å²) < 4.78 is 78.4. The second-order valence-corrected chi connectivity index (χ2v) is 12.8. The Morgan fingerprint density at radius 1 is 0.974 bits per heavy atom. The highest BCUT2D eigenvalue weighted by Gasteiger charge is 2.47. The van der Waals surface area contributed by atoms with Crippen molar-refractivity contribution >= 4 is 21.4 Å². The Morgan fingerprint density at radius 3 is 2.21 bits per heavy atom. The van der Waals surface area contributed by atoms with Gasteiger partial charge in [0.2, 0.25) is 0 Å². The molecule has 38 heavy (non-hydrogen) atoms. The number of rotatable bonds is 8. The predicted octanol–water partition coefficient (Wildman–Crippen LogP) is 5.45. The lowest BCUT2D eigenvalue weighted by molar-refractivity contribution is -0.0720. The summed E-state index contributed by atoms with van der Waals surface area (Å²) in [6.45, 7) is 8.18. The molecule has 2 aliphatic heterocycles. The van der Waals surface area contributed by atoms with Crippen molar-refractivity contribution in [3.63, 3.8) is 0 Å². The second kappa shape index (κ2) is 10.7. The summed E-state index contributed by atoms with van der Waals surface area (Å²) in [7, 11) is -4.11. The quantitative estimate of drug-likeness (QED) is 0.473. The van der Waals surface area contributed by atoms with Gasteiger partial charge in [-0.3, -0.25) is 9.62 Å². The van der Waals surface area contributed by atoms with Crippen molar-refractivity contribution in [3.8, 4) is 0 Å². The standard InChI is InChI=1S/C28H36F3N3O3S/c1-19-16-33(17-20(2)37-19)18-21-12-14-34(15-13-21)27-25(29)4-3-5-26(27)32-38(35,36)24-10-8-23(9-11-24)28(30,31)22-6-7-22/h3-5,8-11,19-22,32H,6-7,12-18H2,1-2H3/t19-,20+. The molecule has 0 radical (unpaired) electrons. The Morgan fingerprint density at radius 2 is 1.61 bits per heavy atom. The van der Waals surface area contributed by atoms with Crippen LogP contribution in [-0.2, 0) is 20.7 Å². The molecule has 1 N–H and O–H groups in total. The van der Waals surface area contributed by atoms with Crippen LogP contribution in [0.5, 0.6) is 0 Å². The molecule has 0 amide bonds. The number of benzene rings is 2. The number of morpholine rings is 1. The van der Waals surface area contributed by atoms with Crippen molar-refractivity contribution in [2.24, 2.45) is 11.8 Å². The van der Waals surface area contributed by atoms with Crippen LogP contribution in [0.25, 0.3) is 0 Å². The maximum absolute atomic E-state index is 15.1. The third kappa shape index (κ3) is 5.97. The maximum Gasteiger partial charge on any atom is 0.276 e. The molecular weight excluding hydrogens is 515 g/mol. The third-order valence-corrected chi connectivity index (χ3v) is 9.19. The summed E-state index contributed by atoms with van der Waals surface area (Å²) in [4.78, 5) is 4.19. The van der Waals surface area contributed by atoms with Crippen LogP contribution in [0.4, 0.5) is 24.5 Å². The summed E-state index contributed by atoms with van der Waals surface area (Å²) in [6, 6.07) is 9.03. The zero-order valence-corrected chi connectivity index (χ0v) is 22.7.